The number of amides is 2. The molecule has 0 aromatic heterocycles. The third-order valence-corrected chi connectivity index (χ3v) is 7.84. The van der Waals surface area contributed by atoms with Crippen LogP contribution in [0.5, 0.6) is 11.5 Å². The molecule has 4 aromatic rings. The lowest BCUT2D eigenvalue weighted by molar-refractivity contribution is -0.123. The molecule has 0 aliphatic carbocycles. The van der Waals surface area contributed by atoms with Crippen LogP contribution in [0, 0.1) is 3.57 Å². The predicted molar refractivity (Wildman–Crippen MR) is 157 cm³/mol. The number of halogens is 2. The van der Waals surface area contributed by atoms with Gasteiger partial charge in [0.15, 0.2) is 11.5 Å². The van der Waals surface area contributed by atoms with Crippen molar-refractivity contribution in [2.45, 2.75) is 13.2 Å². The molecule has 1 fully saturated rings. The molecule has 8 heteroatoms. The second kappa shape index (κ2) is 11.2. The zero-order chi connectivity index (χ0) is 25.9. The maximum absolute atomic E-state index is 13.2. The van der Waals surface area contributed by atoms with E-state index < -0.39 is 0 Å². The monoisotopic (exact) mass is 641 g/mol. The maximum Gasteiger partial charge on any atom is 0.293 e. The normalized spacial score (nSPS) is 14.6. The van der Waals surface area contributed by atoms with Crippen LogP contribution in [0.15, 0.2) is 83.8 Å². The van der Waals surface area contributed by atoms with E-state index in [1.807, 2.05) is 66.7 Å². The highest BCUT2D eigenvalue weighted by Gasteiger charge is 2.35. The molecule has 0 unspecified atom stereocenters. The molecule has 0 radical (unpaired) electrons. The van der Waals surface area contributed by atoms with Gasteiger partial charge in [-0.2, -0.15) is 0 Å². The van der Waals surface area contributed by atoms with Gasteiger partial charge in [0.25, 0.3) is 11.1 Å². The van der Waals surface area contributed by atoms with Crippen molar-refractivity contribution in [3.8, 4) is 11.5 Å². The highest BCUT2D eigenvalue weighted by atomic mass is 127. The molecule has 0 bridgehead atoms. The summed E-state index contributed by atoms with van der Waals surface area (Å²) < 4.78 is 12.6. The van der Waals surface area contributed by atoms with Crippen LogP contribution in [0.1, 0.15) is 16.7 Å². The molecule has 1 heterocycles. The second-order valence-electron chi connectivity index (χ2n) is 8.36. The van der Waals surface area contributed by atoms with Crippen molar-refractivity contribution in [3.63, 3.8) is 0 Å². The second-order valence-corrected chi connectivity index (χ2v) is 11.0. The van der Waals surface area contributed by atoms with Gasteiger partial charge in [-0.1, -0.05) is 66.2 Å². The van der Waals surface area contributed by atoms with E-state index in [1.165, 1.54) is 12.0 Å². The minimum Gasteiger partial charge on any atom is -0.493 e. The van der Waals surface area contributed by atoms with Crippen LogP contribution in [-0.4, -0.2) is 23.2 Å². The van der Waals surface area contributed by atoms with Crippen molar-refractivity contribution in [1.29, 1.82) is 0 Å². The summed E-state index contributed by atoms with van der Waals surface area (Å²) in [7, 11) is 1.53. The Morgan fingerprint density at radius 3 is 2.54 bits per heavy atom. The van der Waals surface area contributed by atoms with Gasteiger partial charge in [0.1, 0.15) is 6.61 Å². The third-order valence-electron chi connectivity index (χ3n) is 5.93. The summed E-state index contributed by atoms with van der Waals surface area (Å²) in [5, 5.41) is 2.13. The number of nitrogens with zero attached hydrogens (tertiary/aromatic N) is 1. The number of fused-ring (bicyclic) bond motifs is 1. The first-order valence-corrected chi connectivity index (χ1v) is 13.7. The number of rotatable bonds is 7. The number of imide groups is 1. The summed E-state index contributed by atoms with van der Waals surface area (Å²) >= 11 is 9.71. The Morgan fingerprint density at radius 2 is 1.76 bits per heavy atom. The van der Waals surface area contributed by atoms with E-state index in [9.17, 15) is 9.59 Å². The van der Waals surface area contributed by atoms with Gasteiger partial charge in [-0.15, -0.1) is 0 Å². The van der Waals surface area contributed by atoms with Crippen molar-refractivity contribution >= 4 is 73.9 Å². The van der Waals surface area contributed by atoms with Gasteiger partial charge in [0, 0.05) is 3.57 Å². The Bertz CT molecular complexity index is 1530. The number of ether oxygens (including phenoxy) is 2. The summed E-state index contributed by atoms with van der Waals surface area (Å²) in [6.45, 7) is 0.540. The van der Waals surface area contributed by atoms with E-state index in [1.54, 1.807) is 18.2 Å². The summed E-state index contributed by atoms with van der Waals surface area (Å²) in [5.74, 6) is 0.528. The fourth-order valence-corrected chi connectivity index (χ4v) is 5.56. The molecule has 5 rings (SSSR count). The van der Waals surface area contributed by atoms with Crippen molar-refractivity contribution in [3.05, 3.63) is 109 Å². The van der Waals surface area contributed by atoms with Crippen molar-refractivity contribution in [2.24, 2.45) is 0 Å². The maximum atomic E-state index is 13.2. The lowest BCUT2D eigenvalue weighted by atomic mass is 10.0. The Morgan fingerprint density at radius 1 is 1.00 bits per heavy atom. The summed E-state index contributed by atoms with van der Waals surface area (Å²) in [6.07, 6.45) is 1.66. The van der Waals surface area contributed by atoms with E-state index >= 15 is 0 Å². The molecule has 0 saturated carbocycles. The minimum atomic E-state index is -0.336. The average molecular weight is 642 g/mol. The van der Waals surface area contributed by atoms with Crippen LogP contribution in [-0.2, 0) is 17.9 Å². The first kappa shape index (κ1) is 25.6. The molecule has 0 spiro atoms. The third kappa shape index (κ3) is 5.63. The highest BCUT2D eigenvalue weighted by Crippen LogP contribution is 2.40. The number of hydrogen-bond acceptors (Lipinski definition) is 5. The van der Waals surface area contributed by atoms with Gasteiger partial charge in [-0.25, -0.2) is 0 Å². The van der Waals surface area contributed by atoms with E-state index in [4.69, 9.17) is 21.1 Å². The quantitative estimate of drug-likeness (QED) is 0.152. The molecule has 4 aromatic carbocycles. The lowest BCUT2D eigenvalue weighted by Crippen LogP contribution is -2.27. The fourth-order valence-electron chi connectivity index (χ4n) is 4.09. The largest absolute Gasteiger partial charge is 0.493 e. The van der Waals surface area contributed by atoms with Gasteiger partial charge in [0.2, 0.25) is 0 Å². The number of benzene rings is 4. The molecule has 1 saturated heterocycles. The van der Waals surface area contributed by atoms with Crippen LogP contribution in [0.2, 0.25) is 5.02 Å². The zero-order valence-corrected chi connectivity index (χ0v) is 23.5. The topological polar surface area (TPSA) is 55.8 Å². The van der Waals surface area contributed by atoms with Gasteiger partial charge < -0.3 is 9.47 Å². The number of methoxy groups -OCH3 is 1. The van der Waals surface area contributed by atoms with E-state index in [0.717, 1.165) is 37.2 Å². The Balaban J connectivity index is 1.36. The number of carbonyl (C=O) groups excluding carboxylic acids is 2. The molecule has 5 nitrogen and oxygen atoms in total. The van der Waals surface area contributed by atoms with Crippen molar-refractivity contribution in [2.75, 3.05) is 7.11 Å². The van der Waals surface area contributed by atoms with Crippen LogP contribution in [0.4, 0.5) is 4.79 Å². The first-order chi connectivity index (χ1) is 17.9. The van der Waals surface area contributed by atoms with E-state index in [2.05, 4.69) is 22.6 Å². The first-order valence-electron chi connectivity index (χ1n) is 11.4. The lowest BCUT2D eigenvalue weighted by Gasteiger charge is -2.14. The summed E-state index contributed by atoms with van der Waals surface area (Å²) in [5.41, 5.74) is 2.56. The fraction of sp³-hybridized carbons (Fsp3) is 0.103. The molecule has 2 amide bonds. The van der Waals surface area contributed by atoms with Gasteiger partial charge in [-0.05, 0) is 92.2 Å². The standard InChI is InChI=1S/C29H21ClINO4S/c1-35-25-14-19(13-24(30)27(25)36-17-18-9-11-22(31)12-10-18)15-26-28(33)32(29(34)37-26)16-21-7-4-6-20-5-2-3-8-23(20)21/h2-15H,16-17H2,1H3/b26-15+. The van der Waals surface area contributed by atoms with Crippen molar-refractivity contribution in [1.82, 2.24) is 4.90 Å². The molecule has 0 atom stereocenters. The molecular weight excluding hydrogens is 621 g/mol. The predicted octanol–water partition coefficient (Wildman–Crippen LogP) is 7.92. The number of carbonyl (C=O) groups is 2. The Hall–Kier alpha value is -3.01. The van der Waals surface area contributed by atoms with Crippen molar-refractivity contribution < 1.29 is 19.1 Å². The molecule has 37 heavy (non-hydrogen) atoms. The number of hydrogen-bond donors (Lipinski definition) is 0. The molecule has 1 aliphatic heterocycles. The zero-order valence-electron chi connectivity index (χ0n) is 19.7. The van der Waals surface area contributed by atoms with Gasteiger partial charge >= 0.3 is 0 Å². The number of thioether (sulfide) groups is 1. The molecule has 0 N–H and O–H groups in total. The van der Waals surface area contributed by atoms with Crippen LogP contribution in [0.3, 0.4) is 0 Å². The minimum absolute atomic E-state index is 0.207. The summed E-state index contributed by atoms with van der Waals surface area (Å²) in [4.78, 5) is 27.5. The smallest absolute Gasteiger partial charge is 0.293 e. The van der Waals surface area contributed by atoms with E-state index in [-0.39, 0.29) is 17.7 Å². The molecular formula is C29H21ClINO4S. The highest BCUT2D eigenvalue weighted by molar-refractivity contribution is 14.1. The van der Waals surface area contributed by atoms with Gasteiger partial charge in [-0.3, -0.25) is 14.5 Å². The van der Waals surface area contributed by atoms with Gasteiger partial charge in [0.05, 0.1) is 23.6 Å². The Labute approximate surface area is 237 Å². The molecule has 1 aliphatic rings. The van der Waals surface area contributed by atoms with E-state index in [0.29, 0.717) is 33.6 Å². The summed E-state index contributed by atoms with van der Waals surface area (Å²) in [6, 6.07) is 25.2. The average Bonchev–Trinajstić information content (AvgIpc) is 3.16. The molecule has 186 valence electrons. The van der Waals surface area contributed by atoms with Crippen LogP contribution < -0.4 is 9.47 Å². The SMILES string of the molecule is COc1cc(/C=C2/SC(=O)N(Cc3cccc4ccccc34)C2=O)cc(Cl)c1OCc1ccc(I)cc1. The Kier molecular flexibility index (Phi) is 7.73. The van der Waals surface area contributed by atoms with Crippen LogP contribution >= 0.6 is 46.0 Å². The van der Waals surface area contributed by atoms with Crippen LogP contribution in [0.25, 0.3) is 16.8 Å².